The summed E-state index contributed by atoms with van der Waals surface area (Å²) >= 11 is 0. The van der Waals surface area contributed by atoms with Crippen LogP contribution in [0.25, 0.3) is 12.2 Å². The molecule has 4 heteroatoms. The molecule has 0 fully saturated rings. The van der Waals surface area contributed by atoms with Crippen LogP contribution >= 0.6 is 0 Å². The van der Waals surface area contributed by atoms with Crippen molar-refractivity contribution in [2.75, 3.05) is 0 Å². The quantitative estimate of drug-likeness (QED) is 0.679. The highest BCUT2D eigenvalue weighted by molar-refractivity contribution is 5.66. The fraction of sp³-hybridized carbons (Fsp3) is 0. The first-order valence-corrected chi connectivity index (χ1v) is 6.35. The number of fused-ring (bicyclic) bond motifs is 4. The van der Waals surface area contributed by atoms with Gasteiger partial charge in [-0.2, -0.15) is 5.11 Å². The van der Waals surface area contributed by atoms with E-state index in [4.69, 9.17) is 0 Å². The number of rotatable bonds is 0. The molecule has 0 aliphatic carbocycles. The Morgan fingerprint density at radius 2 is 1.70 bits per heavy atom. The maximum Gasteiger partial charge on any atom is 0.102 e. The second-order valence-corrected chi connectivity index (χ2v) is 4.56. The van der Waals surface area contributed by atoms with Crippen molar-refractivity contribution >= 4 is 17.8 Å². The van der Waals surface area contributed by atoms with Gasteiger partial charge in [-0.15, -0.1) is 15.3 Å². The summed E-state index contributed by atoms with van der Waals surface area (Å²) < 4.78 is 0. The van der Waals surface area contributed by atoms with E-state index < -0.39 is 0 Å². The standard InChI is InChI=1S/C16H10N4/c1-2-6-14-12(4-1)10-13-15(19-18-14)8-7-11-5-3-9-17-20-16(11)13/h1-10H. The van der Waals surface area contributed by atoms with E-state index in [2.05, 4.69) is 26.5 Å². The van der Waals surface area contributed by atoms with E-state index in [0.29, 0.717) is 0 Å². The summed E-state index contributed by atoms with van der Waals surface area (Å²) in [5.41, 5.74) is 1.79. The van der Waals surface area contributed by atoms with Crippen molar-refractivity contribution in [2.45, 2.75) is 0 Å². The zero-order valence-electron chi connectivity index (χ0n) is 10.6. The van der Waals surface area contributed by atoms with Crippen molar-refractivity contribution in [1.82, 2.24) is 0 Å². The summed E-state index contributed by atoms with van der Waals surface area (Å²) in [6.45, 7) is 0. The van der Waals surface area contributed by atoms with Gasteiger partial charge in [-0.05, 0) is 24.3 Å². The molecule has 0 atom stereocenters. The van der Waals surface area contributed by atoms with E-state index in [9.17, 15) is 0 Å². The molecule has 0 saturated heterocycles. The van der Waals surface area contributed by atoms with E-state index >= 15 is 0 Å². The van der Waals surface area contributed by atoms with Gasteiger partial charge < -0.3 is 0 Å². The van der Waals surface area contributed by atoms with Crippen LogP contribution in [0.4, 0.5) is 5.69 Å². The van der Waals surface area contributed by atoms with Crippen LogP contribution < -0.4 is 21.2 Å². The molecular formula is C16H10N4. The van der Waals surface area contributed by atoms with Gasteiger partial charge in [0.2, 0.25) is 0 Å². The van der Waals surface area contributed by atoms with Crippen molar-refractivity contribution in [2.24, 2.45) is 20.4 Å². The number of benzene rings is 2. The molecule has 94 valence electrons. The highest BCUT2D eigenvalue weighted by Crippen LogP contribution is 2.13. The van der Waals surface area contributed by atoms with E-state index in [0.717, 1.165) is 32.4 Å². The van der Waals surface area contributed by atoms with Crippen molar-refractivity contribution in [3.8, 4) is 0 Å². The van der Waals surface area contributed by atoms with Crippen LogP contribution in [-0.2, 0) is 0 Å². The lowest BCUT2D eigenvalue weighted by molar-refractivity contribution is 1.06. The Hall–Kier alpha value is -2.88. The van der Waals surface area contributed by atoms with E-state index in [1.807, 2.05) is 48.6 Å². The Balaban J connectivity index is 2.17. The molecule has 0 radical (unpaired) electrons. The highest BCUT2D eigenvalue weighted by atomic mass is 15.2. The third-order valence-electron chi connectivity index (χ3n) is 3.31. The van der Waals surface area contributed by atoms with Crippen LogP contribution in [0.5, 0.6) is 0 Å². The zero-order valence-corrected chi connectivity index (χ0v) is 10.6. The van der Waals surface area contributed by atoms with Crippen LogP contribution in [0.3, 0.4) is 0 Å². The molecule has 0 saturated carbocycles. The first kappa shape index (κ1) is 11.0. The first-order chi connectivity index (χ1) is 9.92. The highest BCUT2D eigenvalue weighted by Gasteiger charge is 2.07. The topological polar surface area (TPSA) is 49.4 Å². The first-order valence-electron chi connectivity index (χ1n) is 6.35. The third kappa shape index (κ3) is 1.70. The molecule has 2 aliphatic rings. The zero-order chi connectivity index (χ0) is 13.4. The molecule has 2 aromatic carbocycles. The molecule has 0 spiro atoms. The van der Waals surface area contributed by atoms with E-state index in [1.54, 1.807) is 6.20 Å². The van der Waals surface area contributed by atoms with Gasteiger partial charge >= 0.3 is 0 Å². The van der Waals surface area contributed by atoms with Gasteiger partial charge in [-0.1, -0.05) is 30.3 Å². The molecule has 0 bridgehead atoms. The van der Waals surface area contributed by atoms with Crippen molar-refractivity contribution < 1.29 is 0 Å². The fourth-order valence-electron chi connectivity index (χ4n) is 2.33. The van der Waals surface area contributed by atoms with Gasteiger partial charge in [0.25, 0.3) is 0 Å². The van der Waals surface area contributed by atoms with Gasteiger partial charge in [0, 0.05) is 22.2 Å². The predicted molar refractivity (Wildman–Crippen MR) is 76.1 cm³/mol. The monoisotopic (exact) mass is 258 g/mol. The largest absolute Gasteiger partial charge is 0.159 e. The SMILES string of the molecule is C1=CN=Nc2c3c(ccc2=C1)=NN=c1ccccc1=C3. The predicted octanol–water partition coefficient (Wildman–Crippen LogP) is 1.07. The summed E-state index contributed by atoms with van der Waals surface area (Å²) in [4.78, 5) is 0. The number of azo groups is 1. The molecule has 20 heavy (non-hydrogen) atoms. The van der Waals surface area contributed by atoms with Gasteiger partial charge in [0.15, 0.2) is 0 Å². The molecule has 0 aromatic heterocycles. The Kier molecular flexibility index (Phi) is 2.39. The van der Waals surface area contributed by atoms with Gasteiger partial charge in [-0.3, -0.25) is 0 Å². The molecule has 0 N–H and O–H groups in total. The minimum Gasteiger partial charge on any atom is -0.159 e. The minimum atomic E-state index is 0.814. The minimum absolute atomic E-state index is 0.814. The molecule has 0 unspecified atom stereocenters. The lowest BCUT2D eigenvalue weighted by Crippen LogP contribution is -2.23. The third-order valence-corrected chi connectivity index (χ3v) is 3.31. The maximum atomic E-state index is 4.32. The van der Waals surface area contributed by atoms with E-state index in [-0.39, 0.29) is 0 Å². The maximum absolute atomic E-state index is 4.32. The number of nitrogens with zero attached hydrogens (tertiary/aromatic N) is 4. The average molecular weight is 258 g/mol. The van der Waals surface area contributed by atoms with Crippen LogP contribution in [0.1, 0.15) is 5.56 Å². The molecule has 2 aliphatic heterocycles. The van der Waals surface area contributed by atoms with E-state index in [1.165, 1.54) is 0 Å². The Bertz CT molecular complexity index is 998. The summed E-state index contributed by atoms with van der Waals surface area (Å²) in [5, 5.41) is 20.7. The lowest BCUT2D eigenvalue weighted by atomic mass is 10.1. The van der Waals surface area contributed by atoms with Crippen LogP contribution in [-0.4, -0.2) is 0 Å². The van der Waals surface area contributed by atoms with Gasteiger partial charge in [-0.25, -0.2) is 0 Å². The normalized spacial score (nSPS) is 14.2. The molecule has 0 amide bonds. The molecule has 2 aromatic rings. The second-order valence-electron chi connectivity index (χ2n) is 4.56. The Morgan fingerprint density at radius 3 is 2.70 bits per heavy atom. The van der Waals surface area contributed by atoms with Gasteiger partial charge in [0.05, 0.1) is 10.7 Å². The smallest absolute Gasteiger partial charge is 0.102 e. The number of hydrogen-bond acceptors (Lipinski definition) is 4. The average Bonchev–Trinajstić information content (AvgIpc) is 2.82. The Labute approximate surface area is 114 Å². The summed E-state index contributed by atoms with van der Waals surface area (Å²) in [6.07, 6.45) is 7.63. The number of hydrogen-bond donors (Lipinski definition) is 0. The lowest BCUT2D eigenvalue weighted by Gasteiger charge is -1.99. The van der Waals surface area contributed by atoms with Crippen LogP contribution in [0.15, 0.2) is 69.1 Å². The number of allylic oxidation sites excluding steroid dienone is 1. The summed E-state index contributed by atoms with van der Waals surface area (Å²) in [6, 6.07) is 11.9. The molecule has 2 heterocycles. The summed E-state index contributed by atoms with van der Waals surface area (Å²) in [5.74, 6) is 0. The Morgan fingerprint density at radius 1 is 0.800 bits per heavy atom. The van der Waals surface area contributed by atoms with Crippen molar-refractivity contribution in [1.29, 1.82) is 0 Å². The molecule has 4 rings (SSSR count). The van der Waals surface area contributed by atoms with Crippen LogP contribution in [0.2, 0.25) is 0 Å². The fourth-order valence-corrected chi connectivity index (χ4v) is 2.33. The van der Waals surface area contributed by atoms with Crippen molar-refractivity contribution in [3.63, 3.8) is 0 Å². The van der Waals surface area contributed by atoms with Crippen molar-refractivity contribution in [3.05, 3.63) is 75.4 Å². The molecular weight excluding hydrogens is 248 g/mol. The molecule has 4 nitrogen and oxygen atoms in total. The summed E-state index contributed by atoms with van der Waals surface area (Å²) in [7, 11) is 0. The van der Waals surface area contributed by atoms with Gasteiger partial charge in [0.1, 0.15) is 5.69 Å². The second kappa shape index (κ2) is 4.35. The van der Waals surface area contributed by atoms with Crippen LogP contribution in [0, 0.1) is 0 Å².